The van der Waals surface area contributed by atoms with E-state index < -0.39 is 0 Å². The third kappa shape index (κ3) is 3.63. The fraction of sp³-hybridized carbons (Fsp3) is 0.450. The Morgan fingerprint density at radius 2 is 1.97 bits per heavy atom. The number of amides is 1. The van der Waals surface area contributed by atoms with Gasteiger partial charge in [-0.3, -0.25) is 4.79 Å². The summed E-state index contributed by atoms with van der Waals surface area (Å²) in [5.74, 6) is 1.85. The van der Waals surface area contributed by atoms with E-state index in [1.54, 1.807) is 12.5 Å². The maximum Gasteiger partial charge on any atom is 0.254 e. The highest BCUT2D eigenvalue weighted by molar-refractivity contribution is 6.06. The molecule has 2 saturated heterocycles. The predicted octanol–water partition coefficient (Wildman–Crippen LogP) is 3.41. The molecule has 156 valence electrons. The molecule has 0 aromatic carbocycles. The Morgan fingerprint density at radius 1 is 1.24 bits per heavy atom. The van der Waals surface area contributed by atoms with Crippen LogP contribution >= 0.6 is 24.8 Å². The van der Waals surface area contributed by atoms with Crippen LogP contribution in [0.25, 0.3) is 22.5 Å². The number of hydrogen-bond donors (Lipinski definition) is 1. The van der Waals surface area contributed by atoms with E-state index in [4.69, 9.17) is 9.40 Å². The van der Waals surface area contributed by atoms with Crippen LogP contribution in [0.1, 0.15) is 30.2 Å². The molecule has 3 aromatic heterocycles. The molecule has 1 N–H and O–H groups in total. The molecule has 2 aliphatic rings. The smallest absolute Gasteiger partial charge is 0.254 e. The monoisotopic (exact) mass is 437 g/mol. The summed E-state index contributed by atoms with van der Waals surface area (Å²) in [4.78, 5) is 20.1. The Bertz CT molecular complexity index is 990. The van der Waals surface area contributed by atoms with Gasteiger partial charge < -0.3 is 14.6 Å². The summed E-state index contributed by atoms with van der Waals surface area (Å²) < 4.78 is 7.40. The minimum atomic E-state index is 0. The summed E-state index contributed by atoms with van der Waals surface area (Å²) in [6.07, 6.45) is 3.39. The van der Waals surface area contributed by atoms with Gasteiger partial charge in [-0.15, -0.1) is 24.8 Å². The topological polar surface area (TPSA) is 76.2 Å². The predicted molar refractivity (Wildman–Crippen MR) is 116 cm³/mol. The van der Waals surface area contributed by atoms with Gasteiger partial charge in [-0.2, -0.15) is 5.10 Å². The summed E-state index contributed by atoms with van der Waals surface area (Å²) in [5.41, 5.74) is 2.05. The standard InChI is InChI=1S/C20H23N5O2.2ClH/c1-12(2)25-19-16(9-22-25)15(6-17(23-19)18-4-3-5-27-18)20(26)24-10-13-7-21-8-14(13)11-24;;/h3-6,9,12-14,21H,7-8,10-11H2,1-2H3;2*1H/t13-,14+;;. The maximum absolute atomic E-state index is 13.4. The fourth-order valence-electron chi connectivity index (χ4n) is 4.31. The summed E-state index contributed by atoms with van der Waals surface area (Å²) >= 11 is 0. The zero-order chi connectivity index (χ0) is 18.5. The summed E-state index contributed by atoms with van der Waals surface area (Å²) in [7, 11) is 0. The Kier molecular flexibility index (Phi) is 6.22. The zero-order valence-corrected chi connectivity index (χ0v) is 18.0. The van der Waals surface area contributed by atoms with Gasteiger partial charge in [-0.1, -0.05) is 0 Å². The summed E-state index contributed by atoms with van der Waals surface area (Å²) in [5, 5.41) is 8.71. The molecule has 2 atom stereocenters. The van der Waals surface area contributed by atoms with Crippen molar-refractivity contribution >= 4 is 41.8 Å². The molecule has 2 aliphatic heterocycles. The van der Waals surface area contributed by atoms with E-state index in [-0.39, 0.29) is 36.8 Å². The number of carbonyl (C=O) groups excluding carboxylic acids is 1. The number of pyridine rings is 1. The van der Waals surface area contributed by atoms with E-state index >= 15 is 0 Å². The van der Waals surface area contributed by atoms with Gasteiger partial charge >= 0.3 is 0 Å². The molecule has 0 spiro atoms. The second-order valence-corrected chi connectivity index (χ2v) is 7.84. The molecule has 29 heavy (non-hydrogen) atoms. The van der Waals surface area contributed by atoms with E-state index in [9.17, 15) is 4.79 Å². The Labute approximate surface area is 181 Å². The second kappa shape index (κ2) is 8.34. The molecule has 0 radical (unpaired) electrons. The van der Waals surface area contributed by atoms with E-state index in [0.29, 0.717) is 28.9 Å². The molecule has 3 aromatic rings. The molecule has 7 nitrogen and oxygen atoms in total. The number of hydrogen-bond acceptors (Lipinski definition) is 5. The molecule has 5 rings (SSSR count). The molecular formula is C20H25Cl2N5O2. The van der Waals surface area contributed by atoms with Crippen molar-refractivity contribution in [3.63, 3.8) is 0 Å². The third-order valence-corrected chi connectivity index (χ3v) is 5.74. The van der Waals surface area contributed by atoms with Gasteiger partial charge in [0.1, 0.15) is 5.69 Å². The average molecular weight is 438 g/mol. The van der Waals surface area contributed by atoms with Crippen LogP contribution in [0.2, 0.25) is 0 Å². The van der Waals surface area contributed by atoms with Crippen molar-refractivity contribution in [2.75, 3.05) is 26.2 Å². The molecule has 0 aliphatic carbocycles. The average Bonchev–Trinajstić information content (AvgIpc) is 3.42. The molecule has 1 amide bonds. The molecule has 0 unspecified atom stereocenters. The van der Waals surface area contributed by atoms with Crippen LogP contribution in [0, 0.1) is 11.8 Å². The minimum absolute atomic E-state index is 0. The maximum atomic E-state index is 13.4. The summed E-state index contributed by atoms with van der Waals surface area (Å²) in [6.45, 7) is 7.75. The van der Waals surface area contributed by atoms with E-state index in [1.165, 1.54) is 0 Å². The largest absolute Gasteiger partial charge is 0.463 e. The first-order chi connectivity index (χ1) is 13.1. The van der Waals surface area contributed by atoms with Crippen LogP contribution < -0.4 is 5.32 Å². The van der Waals surface area contributed by atoms with Crippen molar-refractivity contribution in [2.24, 2.45) is 11.8 Å². The van der Waals surface area contributed by atoms with Crippen LogP contribution in [-0.4, -0.2) is 51.8 Å². The Morgan fingerprint density at radius 3 is 2.59 bits per heavy atom. The lowest BCUT2D eigenvalue weighted by Crippen LogP contribution is -2.32. The number of likely N-dealkylation sites (tertiary alicyclic amines) is 1. The highest BCUT2D eigenvalue weighted by Gasteiger charge is 2.38. The first kappa shape index (κ1) is 21.6. The van der Waals surface area contributed by atoms with Crippen molar-refractivity contribution in [3.8, 4) is 11.5 Å². The van der Waals surface area contributed by atoms with E-state index in [2.05, 4.69) is 24.3 Å². The summed E-state index contributed by atoms with van der Waals surface area (Å²) in [6, 6.07) is 5.70. The van der Waals surface area contributed by atoms with Crippen molar-refractivity contribution in [2.45, 2.75) is 19.9 Å². The first-order valence-corrected chi connectivity index (χ1v) is 9.54. The number of rotatable bonds is 3. The Balaban J connectivity index is 0.00000120. The SMILES string of the molecule is CC(C)n1ncc2c(C(=O)N3C[C@H]4CNC[C@H]4C3)cc(-c3ccco3)nc21.Cl.Cl. The normalized spacial score (nSPS) is 20.6. The van der Waals surface area contributed by atoms with Crippen molar-refractivity contribution in [1.29, 1.82) is 0 Å². The molecule has 9 heteroatoms. The van der Waals surface area contributed by atoms with Gasteiger partial charge in [0.25, 0.3) is 5.91 Å². The fourth-order valence-corrected chi connectivity index (χ4v) is 4.31. The highest BCUT2D eigenvalue weighted by atomic mass is 35.5. The van der Waals surface area contributed by atoms with Gasteiger partial charge in [-0.05, 0) is 43.9 Å². The van der Waals surface area contributed by atoms with Crippen LogP contribution in [0.5, 0.6) is 0 Å². The number of halogens is 2. The lowest BCUT2D eigenvalue weighted by atomic mass is 10.0. The van der Waals surface area contributed by atoms with E-state index in [0.717, 1.165) is 37.2 Å². The lowest BCUT2D eigenvalue weighted by molar-refractivity contribution is 0.0783. The second-order valence-electron chi connectivity index (χ2n) is 7.84. The van der Waals surface area contributed by atoms with Crippen LogP contribution in [0.15, 0.2) is 35.1 Å². The van der Waals surface area contributed by atoms with E-state index in [1.807, 2.05) is 27.8 Å². The number of nitrogens with one attached hydrogen (secondary N) is 1. The van der Waals surface area contributed by atoms with Crippen LogP contribution in [0.4, 0.5) is 0 Å². The molecule has 2 fully saturated rings. The lowest BCUT2D eigenvalue weighted by Gasteiger charge is -2.18. The molecule has 0 saturated carbocycles. The number of carbonyl (C=O) groups is 1. The quantitative estimate of drug-likeness (QED) is 0.679. The van der Waals surface area contributed by atoms with Crippen molar-refractivity contribution in [1.82, 2.24) is 25.0 Å². The minimum Gasteiger partial charge on any atom is -0.463 e. The number of aromatic nitrogens is 3. The van der Waals surface area contributed by atoms with Gasteiger partial charge in [0, 0.05) is 32.2 Å². The van der Waals surface area contributed by atoms with Gasteiger partial charge in [0.2, 0.25) is 0 Å². The number of nitrogens with zero attached hydrogens (tertiary/aromatic N) is 4. The first-order valence-electron chi connectivity index (χ1n) is 9.54. The number of fused-ring (bicyclic) bond motifs is 2. The van der Waals surface area contributed by atoms with Crippen molar-refractivity contribution in [3.05, 3.63) is 36.2 Å². The molecule has 5 heterocycles. The van der Waals surface area contributed by atoms with Crippen molar-refractivity contribution < 1.29 is 9.21 Å². The van der Waals surface area contributed by atoms with Gasteiger partial charge in [0.15, 0.2) is 11.4 Å². The van der Waals surface area contributed by atoms with Gasteiger partial charge in [0.05, 0.1) is 23.4 Å². The van der Waals surface area contributed by atoms with Crippen LogP contribution in [-0.2, 0) is 0 Å². The highest BCUT2D eigenvalue weighted by Crippen LogP contribution is 2.31. The van der Waals surface area contributed by atoms with Gasteiger partial charge in [-0.25, -0.2) is 9.67 Å². The third-order valence-electron chi connectivity index (χ3n) is 5.74. The zero-order valence-electron chi connectivity index (χ0n) is 16.4. The molecule has 0 bridgehead atoms. The number of furan rings is 1. The molecular weight excluding hydrogens is 413 g/mol. The van der Waals surface area contributed by atoms with Crippen LogP contribution in [0.3, 0.4) is 0 Å². The Hall–Kier alpha value is -2.09.